The summed E-state index contributed by atoms with van der Waals surface area (Å²) in [6, 6.07) is 21.0. The van der Waals surface area contributed by atoms with Crippen LogP contribution < -0.4 is 10.1 Å². The van der Waals surface area contributed by atoms with E-state index in [0.29, 0.717) is 22.9 Å². The van der Waals surface area contributed by atoms with Crippen molar-refractivity contribution in [1.29, 1.82) is 0 Å². The molecule has 3 aromatic carbocycles. The topological polar surface area (TPSA) is 38.3 Å². The van der Waals surface area contributed by atoms with Crippen molar-refractivity contribution in [1.82, 2.24) is 5.32 Å². The Morgan fingerprint density at radius 1 is 0.889 bits per heavy atom. The number of rotatable bonds is 6. The third-order valence-corrected chi connectivity index (χ3v) is 4.72. The number of methoxy groups -OCH3 is 1. The van der Waals surface area contributed by atoms with Gasteiger partial charge < -0.3 is 10.1 Å². The van der Waals surface area contributed by atoms with Crippen molar-refractivity contribution in [2.75, 3.05) is 13.7 Å². The van der Waals surface area contributed by atoms with Crippen LogP contribution in [0.5, 0.6) is 5.75 Å². The quantitative estimate of drug-likeness (QED) is 0.582. The molecule has 27 heavy (non-hydrogen) atoms. The largest absolute Gasteiger partial charge is 0.496 e. The molecule has 0 radical (unpaired) electrons. The van der Waals surface area contributed by atoms with Crippen molar-refractivity contribution in [2.24, 2.45) is 0 Å². The Morgan fingerprint density at radius 2 is 1.48 bits per heavy atom. The van der Waals surface area contributed by atoms with E-state index in [1.54, 1.807) is 18.2 Å². The Labute approximate surface area is 168 Å². The monoisotopic (exact) mass is 399 g/mol. The molecule has 1 N–H and O–H groups in total. The molecule has 0 atom stereocenters. The van der Waals surface area contributed by atoms with E-state index >= 15 is 0 Å². The SMILES string of the molecule is COc1ccc(Cl)cc1C(=O)NCCc1ccc(-c2ccc(Cl)cc2)cc1. The first-order chi connectivity index (χ1) is 13.1. The van der Waals surface area contributed by atoms with Crippen LogP contribution in [0, 0.1) is 0 Å². The number of carbonyl (C=O) groups excluding carboxylic acids is 1. The van der Waals surface area contributed by atoms with Crippen LogP contribution in [0.2, 0.25) is 10.0 Å². The van der Waals surface area contributed by atoms with Crippen LogP contribution >= 0.6 is 23.2 Å². The molecule has 3 nitrogen and oxygen atoms in total. The first-order valence-corrected chi connectivity index (χ1v) is 9.29. The van der Waals surface area contributed by atoms with Crippen LogP contribution in [-0.2, 0) is 6.42 Å². The van der Waals surface area contributed by atoms with Crippen molar-refractivity contribution in [3.05, 3.63) is 87.9 Å². The molecule has 0 saturated heterocycles. The minimum absolute atomic E-state index is 0.202. The highest BCUT2D eigenvalue weighted by molar-refractivity contribution is 6.31. The lowest BCUT2D eigenvalue weighted by atomic mass is 10.0. The predicted octanol–water partition coefficient (Wildman–Crippen LogP) is 5.64. The summed E-state index contributed by atoms with van der Waals surface area (Å²) in [5.74, 6) is 0.302. The summed E-state index contributed by atoms with van der Waals surface area (Å²) in [6.07, 6.45) is 0.732. The van der Waals surface area contributed by atoms with Gasteiger partial charge in [-0.05, 0) is 53.4 Å². The molecular weight excluding hydrogens is 381 g/mol. The average Bonchev–Trinajstić information content (AvgIpc) is 2.69. The summed E-state index contributed by atoms with van der Waals surface area (Å²) in [7, 11) is 1.53. The van der Waals surface area contributed by atoms with Gasteiger partial charge in [0.15, 0.2) is 0 Å². The minimum Gasteiger partial charge on any atom is -0.496 e. The van der Waals surface area contributed by atoms with E-state index in [2.05, 4.69) is 29.6 Å². The molecular formula is C22H19Cl2NO2. The molecule has 0 unspecified atom stereocenters. The number of benzene rings is 3. The van der Waals surface area contributed by atoms with E-state index in [1.165, 1.54) is 7.11 Å². The zero-order valence-electron chi connectivity index (χ0n) is 14.8. The van der Waals surface area contributed by atoms with Crippen LogP contribution in [0.3, 0.4) is 0 Å². The van der Waals surface area contributed by atoms with E-state index in [4.69, 9.17) is 27.9 Å². The Bertz CT molecular complexity index is 922. The summed E-state index contributed by atoms with van der Waals surface area (Å²) >= 11 is 11.9. The van der Waals surface area contributed by atoms with E-state index in [-0.39, 0.29) is 5.91 Å². The summed E-state index contributed by atoms with van der Waals surface area (Å²) in [5.41, 5.74) is 3.82. The van der Waals surface area contributed by atoms with E-state index in [0.717, 1.165) is 28.1 Å². The lowest BCUT2D eigenvalue weighted by molar-refractivity contribution is 0.0951. The lowest BCUT2D eigenvalue weighted by Crippen LogP contribution is -2.26. The van der Waals surface area contributed by atoms with Gasteiger partial charge in [-0.2, -0.15) is 0 Å². The molecule has 0 aromatic heterocycles. The molecule has 0 bridgehead atoms. The minimum atomic E-state index is -0.202. The van der Waals surface area contributed by atoms with Gasteiger partial charge in [0, 0.05) is 16.6 Å². The standard InChI is InChI=1S/C22H19Cl2NO2/c1-27-21-11-10-19(24)14-20(21)22(26)25-13-12-15-2-4-16(5-3-15)17-6-8-18(23)9-7-17/h2-11,14H,12-13H2,1H3,(H,25,26). The maximum absolute atomic E-state index is 12.4. The summed E-state index contributed by atoms with van der Waals surface area (Å²) in [4.78, 5) is 12.4. The summed E-state index contributed by atoms with van der Waals surface area (Å²) in [6.45, 7) is 0.523. The van der Waals surface area contributed by atoms with E-state index in [9.17, 15) is 4.79 Å². The Kier molecular flexibility index (Phi) is 6.38. The zero-order valence-corrected chi connectivity index (χ0v) is 16.3. The summed E-state index contributed by atoms with van der Waals surface area (Å²) in [5, 5.41) is 4.13. The normalized spacial score (nSPS) is 10.5. The van der Waals surface area contributed by atoms with Crippen molar-refractivity contribution in [3.63, 3.8) is 0 Å². The number of hydrogen-bond acceptors (Lipinski definition) is 2. The number of hydrogen-bond donors (Lipinski definition) is 1. The number of nitrogens with one attached hydrogen (secondary N) is 1. The Balaban J connectivity index is 1.58. The second-order valence-corrected chi connectivity index (χ2v) is 6.93. The molecule has 1 amide bonds. The van der Waals surface area contributed by atoms with Gasteiger partial charge in [0.25, 0.3) is 5.91 Å². The van der Waals surface area contributed by atoms with Gasteiger partial charge in [-0.1, -0.05) is 59.6 Å². The van der Waals surface area contributed by atoms with Crippen molar-refractivity contribution >= 4 is 29.1 Å². The first kappa shape index (κ1) is 19.3. The fraction of sp³-hybridized carbons (Fsp3) is 0.136. The zero-order chi connectivity index (χ0) is 19.2. The Morgan fingerprint density at radius 3 is 2.11 bits per heavy atom. The highest BCUT2D eigenvalue weighted by atomic mass is 35.5. The number of halogens is 2. The molecule has 0 saturated carbocycles. The third-order valence-electron chi connectivity index (χ3n) is 4.24. The fourth-order valence-electron chi connectivity index (χ4n) is 2.78. The molecule has 0 aliphatic carbocycles. The van der Waals surface area contributed by atoms with Crippen LogP contribution in [0.1, 0.15) is 15.9 Å². The van der Waals surface area contributed by atoms with E-state index < -0.39 is 0 Å². The van der Waals surface area contributed by atoms with Crippen LogP contribution in [-0.4, -0.2) is 19.6 Å². The van der Waals surface area contributed by atoms with Gasteiger partial charge in [0.2, 0.25) is 0 Å². The van der Waals surface area contributed by atoms with Gasteiger partial charge in [0.1, 0.15) is 5.75 Å². The molecule has 0 spiro atoms. The molecule has 0 aliphatic heterocycles. The molecule has 0 aliphatic rings. The van der Waals surface area contributed by atoms with Gasteiger partial charge in [-0.15, -0.1) is 0 Å². The third kappa shape index (κ3) is 5.03. The van der Waals surface area contributed by atoms with Crippen LogP contribution in [0.4, 0.5) is 0 Å². The van der Waals surface area contributed by atoms with Crippen LogP contribution in [0.15, 0.2) is 66.7 Å². The highest BCUT2D eigenvalue weighted by Gasteiger charge is 2.12. The second kappa shape index (κ2) is 8.94. The predicted molar refractivity (Wildman–Crippen MR) is 111 cm³/mol. The number of amides is 1. The van der Waals surface area contributed by atoms with Gasteiger partial charge >= 0.3 is 0 Å². The van der Waals surface area contributed by atoms with Gasteiger partial charge in [-0.25, -0.2) is 0 Å². The number of carbonyl (C=O) groups is 1. The molecule has 3 aromatic rings. The summed E-state index contributed by atoms with van der Waals surface area (Å²) < 4.78 is 5.22. The van der Waals surface area contributed by atoms with Crippen molar-refractivity contribution in [2.45, 2.75) is 6.42 Å². The maximum atomic E-state index is 12.4. The van der Waals surface area contributed by atoms with E-state index in [1.807, 2.05) is 24.3 Å². The van der Waals surface area contributed by atoms with Crippen LogP contribution in [0.25, 0.3) is 11.1 Å². The average molecular weight is 400 g/mol. The smallest absolute Gasteiger partial charge is 0.255 e. The molecule has 3 rings (SSSR count). The van der Waals surface area contributed by atoms with Gasteiger partial charge in [-0.3, -0.25) is 4.79 Å². The van der Waals surface area contributed by atoms with Crippen molar-refractivity contribution < 1.29 is 9.53 Å². The number of ether oxygens (including phenoxy) is 1. The first-order valence-electron chi connectivity index (χ1n) is 8.53. The van der Waals surface area contributed by atoms with Gasteiger partial charge in [0.05, 0.1) is 12.7 Å². The molecule has 5 heteroatoms. The van der Waals surface area contributed by atoms with Crippen molar-refractivity contribution in [3.8, 4) is 16.9 Å². The molecule has 138 valence electrons. The fourth-order valence-corrected chi connectivity index (χ4v) is 3.08. The maximum Gasteiger partial charge on any atom is 0.255 e. The molecule has 0 heterocycles. The highest BCUT2D eigenvalue weighted by Crippen LogP contribution is 2.23. The lowest BCUT2D eigenvalue weighted by Gasteiger charge is -2.10. The Hall–Kier alpha value is -2.49. The molecule has 0 fully saturated rings. The second-order valence-electron chi connectivity index (χ2n) is 6.05.